The van der Waals surface area contributed by atoms with E-state index >= 15 is 0 Å². The third kappa shape index (κ3) is 2.43. The molecule has 0 bridgehead atoms. The number of nitrogens with two attached hydrogens (primary N) is 1. The number of nitrogens with zero attached hydrogens (tertiary/aromatic N) is 2. The molecule has 2 heterocycles. The molecule has 1 aliphatic heterocycles. The van der Waals surface area contributed by atoms with Gasteiger partial charge in [-0.2, -0.15) is 0 Å². The highest BCUT2D eigenvalue weighted by Gasteiger charge is 2.20. The lowest BCUT2D eigenvalue weighted by Gasteiger charge is -2.19. The molecule has 0 spiro atoms. The second-order valence-electron chi connectivity index (χ2n) is 4.52. The molecule has 0 amide bonds. The highest BCUT2D eigenvalue weighted by Crippen LogP contribution is 2.27. The number of halogens is 3. The largest absolute Gasteiger partial charge is 0.376 e. The van der Waals surface area contributed by atoms with Crippen LogP contribution in [0.1, 0.15) is 11.3 Å². The summed E-state index contributed by atoms with van der Waals surface area (Å²) in [4.78, 5) is 8.37. The minimum absolute atomic E-state index is 0.0391. The number of anilines is 1. The summed E-state index contributed by atoms with van der Waals surface area (Å²) in [5, 5.41) is 0. The van der Waals surface area contributed by atoms with Crippen LogP contribution < -0.4 is 11.3 Å². The number of fused-ring (bicyclic) bond motifs is 1. The van der Waals surface area contributed by atoms with Gasteiger partial charge in [0.25, 0.3) is 0 Å². The van der Waals surface area contributed by atoms with Crippen LogP contribution in [-0.2, 0) is 17.8 Å². The molecule has 3 N–H and O–H groups in total. The number of benzene rings is 1. The highest BCUT2D eigenvalue weighted by molar-refractivity contribution is 5.60. The van der Waals surface area contributed by atoms with E-state index in [2.05, 4.69) is 15.4 Å². The second-order valence-corrected chi connectivity index (χ2v) is 4.52. The van der Waals surface area contributed by atoms with Gasteiger partial charge in [0.15, 0.2) is 23.3 Å². The number of hydrogen-bond donors (Lipinski definition) is 2. The fourth-order valence-electron chi connectivity index (χ4n) is 2.17. The topological polar surface area (TPSA) is 73.1 Å². The third-order valence-corrected chi connectivity index (χ3v) is 3.20. The molecule has 0 saturated heterocycles. The predicted molar refractivity (Wildman–Crippen MR) is 68.5 cm³/mol. The van der Waals surface area contributed by atoms with Crippen molar-refractivity contribution in [2.45, 2.75) is 13.0 Å². The third-order valence-electron chi connectivity index (χ3n) is 3.20. The van der Waals surface area contributed by atoms with Crippen LogP contribution in [0, 0.1) is 17.5 Å². The fourth-order valence-corrected chi connectivity index (χ4v) is 2.17. The summed E-state index contributed by atoms with van der Waals surface area (Å²) in [7, 11) is 0. The minimum Gasteiger partial charge on any atom is -0.376 e. The van der Waals surface area contributed by atoms with E-state index in [0.29, 0.717) is 36.7 Å². The van der Waals surface area contributed by atoms with Gasteiger partial charge >= 0.3 is 0 Å². The summed E-state index contributed by atoms with van der Waals surface area (Å²) in [5.41, 5.74) is 3.84. The van der Waals surface area contributed by atoms with E-state index in [-0.39, 0.29) is 11.4 Å². The van der Waals surface area contributed by atoms with Crippen molar-refractivity contribution in [1.29, 1.82) is 0 Å². The van der Waals surface area contributed by atoms with E-state index in [1.807, 2.05) is 0 Å². The van der Waals surface area contributed by atoms with Crippen LogP contribution in [0.4, 0.5) is 19.0 Å². The molecule has 1 aromatic carbocycles. The first-order valence-corrected chi connectivity index (χ1v) is 6.19. The Hall–Kier alpha value is -2.19. The van der Waals surface area contributed by atoms with Crippen LogP contribution in [0.3, 0.4) is 0 Å². The second kappa shape index (κ2) is 5.30. The predicted octanol–water partition coefficient (Wildman–Crippen LogP) is 1.92. The van der Waals surface area contributed by atoms with Crippen LogP contribution in [-0.4, -0.2) is 16.6 Å². The lowest BCUT2D eigenvalue weighted by molar-refractivity contribution is 0.109. The first-order valence-electron chi connectivity index (χ1n) is 6.19. The maximum Gasteiger partial charge on any atom is 0.194 e. The summed E-state index contributed by atoms with van der Waals surface area (Å²) in [5.74, 6) is 1.68. The van der Waals surface area contributed by atoms with Crippen molar-refractivity contribution in [1.82, 2.24) is 9.97 Å². The first kappa shape index (κ1) is 13.8. The zero-order valence-electron chi connectivity index (χ0n) is 10.8. The number of ether oxygens (including phenoxy) is 1. The lowest BCUT2D eigenvalue weighted by atomic mass is 10.1. The van der Waals surface area contributed by atoms with Gasteiger partial charge < -0.3 is 10.2 Å². The molecule has 0 atom stereocenters. The van der Waals surface area contributed by atoms with Crippen molar-refractivity contribution in [3.63, 3.8) is 0 Å². The maximum absolute atomic E-state index is 13.3. The summed E-state index contributed by atoms with van der Waals surface area (Å²) in [6.45, 7) is 0.793. The Bertz CT molecular complexity index is 668. The number of rotatable bonds is 2. The molecule has 0 radical (unpaired) electrons. The maximum atomic E-state index is 13.3. The molecule has 0 aliphatic carbocycles. The van der Waals surface area contributed by atoms with Gasteiger partial charge in [-0.3, -0.25) is 0 Å². The molecule has 2 aromatic rings. The van der Waals surface area contributed by atoms with Gasteiger partial charge in [0.1, 0.15) is 5.82 Å². The van der Waals surface area contributed by atoms with Gasteiger partial charge in [0.05, 0.1) is 18.9 Å². The molecule has 3 rings (SSSR count). The summed E-state index contributed by atoms with van der Waals surface area (Å²) < 4.78 is 44.9. The average molecular weight is 296 g/mol. The van der Waals surface area contributed by atoms with Crippen molar-refractivity contribution in [2.24, 2.45) is 5.84 Å². The Morgan fingerprint density at radius 2 is 1.86 bits per heavy atom. The monoisotopic (exact) mass is 296 g/mol. The fraction of sp³-hybridized carbons (Fsp3) is 0.231. The van der Waals surface area contributed by atoms with Gasteiger partial charge in [-0.15, -0.1) is 0 Å². The van der Waals surface area contributed by atoms with E-state index in [0.717, 1.165) is 12.1 Å². The van der Waals surface area contributed by atoms with E-state index in [9.17, 15) is 13.2 Å². The summed E-state index contributed by atoms with van der Waals surface area (Å²) in [6.07, 6.45) is 0.533. The molecule has 1 aliphatic rings. The molecule has 8 heteroatoms. The number of aromatic nitrogens is 2. The van der Waals surface area contributed by atoms with Crippen molar-refractivity contribution in [2.75, 3.05) is 12.0 Å². The van der Waals surface area contributed by atoms with Crippen molar-refractivity contribution >= 4 is 5.82 Å². The van der Waals surface area contributed by atoms with Crippen molar-refractivity contribution < 1.29 is 17.9 Å². The molecule has 21 heavy (non-hydrogen) atoms. The zero-order valence-corrected chi connectivity index (χ0v) is 10.8. The van der Waals surface area contributed by atoms with Gasteiger partial charge in [-0.05, 0) is 12.1 Å². The van der Waals surface area contributed by atoms with Crippen LogP contribution in [0.2, 0.25) is 0 Å². The highest BCUT2D eigenvalue weighted by atomic mass is 19.2. The van der Waals surface area contributed by atoms with Gasteiger partial charge in [-0.25, -0.2) is 29.0 Å². The number of hydrogen-bond acceptors (Lipinski definition) is 5. The average Bonchev–Trinajstić information content (AvgIpc) is 2.51. The molecule has 5 nitrogen and oxygen atoms in total. The molecule has 1 aromatic heterocycles. The summed E-state index contributed by atoms with van der Waals surface area (Å²) >= 11 is 0. The van der Waals surface area contributed by atoms with Gasteiger partial charge in [0, 0.05) is 17.5 Å². The molecular formula is C13H11F3N4O. The minimum atomic E-state index is -1.53. The molecular weight excluding hydrogens is 285 g/mol. The molecule has 0 saturated carbocycles. The Morgan fingerprint density at radius 3 is 2.52 bits per heavy atom. The van der Waals surface area contributed by atoms with Gasteiger partial charge in [-0.1, -0.05) is 0 Å². The molecule has 0 unspecified atom stereocenters. The number of nitrogens with one attached hydrogen (secondary N) is 1. The number of nitrogen functional groups attached to an aromatic ring is 1. The normalized spacial score (nSPS) is 13.9. The Balaban J connectivity index is 2.15. The molecule has 0 fully saturated rings. The number of hydrazine groups is 1. The Kier molecular flexibility index (Phi) is 3.48. The van der Waals surface area contributed by atoms with Crippen LogP contribution in [0.15, 0.2) is 12.1 Å². The SMILES string of the molecule is NNc1nc(-c2cc(F)c(F)c(F)c2)nc2c1COCC2. The Labute approximate surface area is 117 Å². The van der Waals surface area contributed by atoms with E-state index in [4.69, 9.17) is 10.6 Å². The van der Waals surface area contributed by atoms with Crippen molar-refractivity contribution in [3.05, 3.63) is 40.8 Å². The molecule has 110 valence electrons. The van der Waals surface area contributed by atoms with E-state index in [1.165, 1.54) is 0 Å². The quantitative estimate of drug-likeness (QED) is 0.503. The van der Waals surface area contributed by atoms with E-state index in [1.54, 1.807) is 0 Å². The Morgan fingerprint density at radius 1 is 1.14 bits per heavy atom. The smallest absolute Gasteiger partial charge is 0.194 e. The lowest BCUT2D eigenvalue weighted by Crippen LogP contribution is -2.19. The van der Waals surface area contributed by atoms with E-state index < -0.39 is 17.5 Å². The van der Waals surface area contributed by atoms with Crippen LogP contribution in [0.5, 0.6) is 0 Å². The zero-order chi connectivity index (χ0) is 15.0. The van der Waals surface area contributed by atoms with Crippen LogP contribution >= 0.6 is 0 Å². The first-order chi connectivity index (χ1) is 10.1. The summed E-state index contributed by atoms with van der Waals surface area (Å²) in [6, 6.07) is 1.69. The standard InChI is InChI=1S/C13H11F3N4O/c14-8-3-6(4-9(15)11(8)16)12-18-10-1-2-21-5-7(10)13(19-12)20-17/h3-4H,1-2,5,17H2,(H,18,19,20). The van der Waals surface area contributed by atoms with Gasteiger partial charge in [0.2, 0.25) is 0 Å². The van der Waals surface area contributed by atoms with Crippen molar-refractivity contribution in [3.8, 4) is 11.4 Å². The van der Waals surface area contributed by atoms with Crippen LogP contribution in [0.25, 0.3) is 11.4 Å².